The molecule has 0 saturated heterocycles. The summed E-state index contributed by atoms with van der Waals surface area (Å²) in [6.07, 6.45) is 8.06. The molecule has 4 saturated carbocycles. The molecule has 5 rings (SSSR count). The van der Waals surface area contributed by atoms with Crippen molar-refractivity contribution in [1.29, 1.82) is 0 Å². The Bertz CT molecular complexity index is 668. The van der Waals surface area contributed by atoms with Gasteiger partial charge in [0.25, 0.3) is 0 Å². The number of hydrogen-bond donors (Lipinski definition) is 4. The molecular weight excluding hydrogens is 328 g/mol. The fourth-order valence-corrected chi connectivity index (χ4v) is 5.70. The van der Waals surface area contributed by atoms with Crippen molar-refractivity contribution in [2.45, 2.75) is 44.1 Å². The third kappa shape index (κ3) is 3.50. The third-order valence-corrected chi connectivity index (χ3v) is 6.28. The number of carbonyl (C=O) groups excluding carboxylic acids is 2. The van der Waals surface area contributed by atoms with Crippen LogP contribution in [-0.4, -0.2) is 31.1 Å². The maximum Gasteiger partial charge on any atom is 0.321 e. The lowest BCUT2D eigenvalue weighted by Gasteiger charge is -2.57. The van der Waals surface area contributed by atoms with Crippen molar-refractivity contribution in [2.24, 2.45) is 17.8 Å². The van der Waals surface area contributed by atoms with Crippen LogP contribution in [0.2, 0.25) is 0 Å². The van der Waals surface area contributed by atoms with E-state index in [1.165, 1.54) is 45.6 Å². The second kappa shape index (κ2) is 6.82. The molecule has 0 spiro atoms. The predicted octanol–water partition coefficient (Wildman–Crippen LogP) is 2.93. The average molecular weight is 356 g/mol. The van der Waals surface area contributed by atoms with Gasteiger partial charge in [-0.15, -0.1) is 0 Å². The van der Waals surface area contributed by atoms with E-state index >= 15 is 0 Å². The van der Waals surface area contributed by atoms with E-state index in [0.717, 1.165) is 29.1 Å². The van der Waals surface area contributed by atoms with Crippen LogP contribution in [0.1, 0.15) is 38.5 Å². The number of rotatable bonds is 5. The van der Waals surface area contributed by atoms with Crippen LogP contribution in [0, 0.1) is 17.8 Å². The Morgan fingerprint density at radius 3 is 2.15 bits per heavy atom. The highest BCUT2D eigenvalue weighted by Gasteiger charge is 2.51. The number of para-hydroxylation sites is 2. The van der Waals surface area contributed by atoms with E-state index in [9.17, 15) is 9.59 Å². The standard InChI is InChI=1S/C20H28N4O2/c1-21-19(26)23-18(25)12-22-16-4-2-3-5-17(16)24-20-9-13-6-14(10-20)8-15(7-13)11-20/h2-5,13-15,22,24H,6-12H2,1H3,(H2,21,23,25,26). The Balaban J connectivity index is 1.43. The molecule has 0 atom stereocenters. The molecule has 6 heteroatoms. The average Bonchev–Trinajstić information content (AvgIpc) is 2.59. The normalized spacial score (nSPS) is 31.3. The molecule has 4 aliphatic carbocycles. The van der Waals surface area contributed by atoms with E-state index in [1.807, 2.05) is 18.2 Å². The van der Waals surface area contributed by atoms with Crippen LogP contribution in [0.25, 0.3) is 0 Å². The molecular formula is C20H28N4O2. The number of benzene rings is 1. The fourth-order valence-electron chi connectivity index (χ4n) is 5.70. The van der Waals surface area contributed by atoms with Crippen molar-refractivity contribution >= 4 is 23.3 Å². The van der Waals surface area contributed by atoms with Gasteiger partial charge >= 0.3 is 6.03 Å². The molecule has 0 aliphatic heterocycles. The SMILES string of the molecule is CNC(=O)NC(=O)CNc1ccccc1NC12CC3CC(CC(C3)C1)C2. The van der Waals surface area contributed by atoms with Crippen LogP contribution < -0.4 is 21.3 Å². The molecule has 1 aromatic carbocycles. The molecule has 0 radical (unpaired) electrons. The van der Waals surface area contributed by atoms with Crippen molar-refractivity contribution in [3.8, 4) is 0 Å². The molecule has 3 amide bonds. The van der Waals surface area contributed by atoms with E-state index in [-0.39, 0.29) is 18.0 Å². The van der Waals surface area contributed by atoms with E-state index in [2.05, 4.69) is 27.3 Å². The minimum Gasteiger partial charge on any atom is -0.378 e. The van der Waals surface area contributed by atoms with Crippen LogP contribution in [0.5, 0.6) is 0 Å². The molecule has 4 aliphatic rings. The minimum atomic E-state index is -0.489. The zero-order valence-electron chi connectivity index (χ0n) is 15.3. The van der Waals surface area contributed by atoms with Gasteiger partial charge in [-0.05, 0) is 68.4 Å². The molecule has 140 valence electrons. The number of carbonyl (C=O) groups is 2. The van der Waals surface area contributed by atoms with Gasteiger partial charge in [-0.25, -0.2) is 4.79 Å². The summed E-state index contributed by atoms with van der Waals surface area (Å²) in [5.41, 5.74) is 2.19. The number of nitrogens with one attached hydrogen (secondary N) is 4. The third-order valence-electron chi connectivity index (χ3n) is 6.28. The maximum atomic E-state index is 11.9. The first-order chi connectivity index (χ1) is 12.5. The van der Waals surface area contributed by atoms with E-state index < -0.39 is 6.03 Å². The molecule has 6 nitrogen and oxygen atoms in total. The Morgan fingerprint density at radius 1 is 1.00 bits per heavy atom. The van der Waals surface area contributed by atoms with Crippen molar-refractivity contribution < 1.29 is 9.59 Å². The Kier molecular flexibility index (Phi) is 4.51. The zero-order valence-corrected chi connectivity index (χ0v) is 15.3. The number of amides is 3. The highest BCUT2D eigenvalue weighted by atomic mass is 16.2. The largest absolute Gasteiger partial charge is 0.378 e. The highest BCUT2D eigenvalue weighted by molar-refractivity contribution is 5.96. The van der Waals surface area contributed by atoms with Gasteiger partial charge in [-0.1, -0.05) is 12.1 Å². The number of urea groups is 1. The molecule has 1 aromatic rings. The predicted molar refractivity (Wildman–Crippen MR) is 102 cm³/mol. The molecule has 4 N–H and O–H groups in total. The highest BCUT2D eigenvalue weighted by Crippen LogP contribution is 2.56. The van der Waals surface area contributed by atoms with Crippen LogP contribution in [0.15, 0.2) is 24.3 Å². The van der Waals surface area contributed by atoms with Gasteiger partial charge in [0.15, 0.2) is 0 Å². The molecule has 0 unspecified atom stereocenters. The van der Waals surface area contributed by atoms with Crippen molar-refractivity contribution in [3.63, 3.8) is 0 Å². The van der Waals surface area contributed by atoms with E-state index in [4.69, 9.17) is 0 Å². The maximum absolute atomic E-state index is 11.9. The summed E-state index contributed by atoms with van der Waals surface area (Å²) in [6, 6.07) is 7.56. The van der Waals surface area contributed by atoms with Crippen LogP contribution >= 0.6 is 0 Å². The summed E-state index contributed by atoms with van der Waals surface area (Å²) in [4.78, 5) is 23.1. The van der Waals surface area contributed by atoms with Crippen molar-refractivity contribution in [3.05, 3.63) is 24.3 Å². The van der Waals surface area contributed by atoms with Gasteiger partial charge in [0.2, 0.25) is 5.91 Å². The first kappa shape index (κ1) is 17.2. The van der Waals surface area contributed by atoms with Gasteiger partial charge in [0.05, 0.1) is 17.9 Å². The summed E-state index contributed by atoms with van der Waals surface area (Å²) < 4.78 is 0. The lowest BCUT2D eigenvalue weighted by atomic mass is 9.53. The minimum absolute atomic E-state index is 0.0625. The number of anilines is 2. The van der Waals surface area contributed by atoms with Crippen molar-refractivity contribution in [2.75, 3.05) is 24.2 Å². The van der Waals surface area contributed by atoms with E-state index in [1.54, 1.807) is 0 Å². The molecule has 0 heterocycles. The summed E-state index contributed by atoms with van der Waals surface area (Å²) in [6.45, 7) is 0.0625. The van der Waals surface area contributed by atoms with E-state index in [0.29, 0.717) is 0 Å². The van der Waals surface area contributed by atoms with Crippen LogP contribution in [-0.2, 0) is 4.79 Å². The smallest absolute Gasteiger partial charge is 0.321 e. The number of imide groups is 1. The second-order valence-corrected chi connectivity index (χ2v) is 8.35. The molecule has 4 fully saturated rings. The lowest BCUT2D eigenvalue weighted by molar-refractivity contribution is -0.118. The van der Waals surface area contributed by atoms with Crippen LogP contribution in [0.4, 0.5) is 16.2 Å². The molecule has 4 bridgehead atoms. The quantitative estimate of drug-likeness (QED) is 0.654. The Hall–Kier alpha value is -2.24. The molecule has 0 aromatic heterocycles. The second-order valence-electron chi connectivity index (χ2n) is 8.35. The van der Waals surface area contributed by atoms with Gasteiger partial charge in [0.1, 0.15) is 0 Å². The zero-order chi connectivity index (χ0) is 18.1. The van der Waals surface area contributed by atoms with Gasteiger partial charge in [0, 0.05) is 12.6 Å². The van der Waals surface area contributed by atoms with Gasteiger partial charge in [-0.3, -0.25) is 10.1 Å². The van der Waals surface area contributed by atoms with Gasteiger partial charge < -0.3 is 16.0 Å². The Labute approximate surface area is 154 Å². The Morgan fingerprint density at radius 2 is 1.58 bits per heavy atom. The summed E-state index contributed by atoms with van der Waals surface area (Å²) >= 11 is 0. The van der Waals surface area contributed by atoms with Crippen molar-refractivity contribution in [1.82, 2.24) is 10.6 Å². The summed E-state index contributed by atoms with van der Waals surface area (Å²) in [7, 11) is 1.49. The fraction of sp³-hybridized carbons (Fsp3) is 0.600. The lowest BCUT2D eigenvalue weighted by Crippen LogP contribution is -2.54. The number of hydrogen-bond acceptors (Lipinski definition) is 4. The monoisotopic (exact) mass is 356 g/mol. The first-order valence-electron chi connectivity index (χ1n) is 9.68. The van der Waals surface area contributed by atoms with Crippen LogP contribution in [0.3, 0.4) is 0 Å². The summed E-state index contributed by atoms with van der Waals surface area (Å²) in [5.74, 6) is 2.29. The topological polar surface area (TPSA) is 82.3 Å². The summed E-state index contributed by atoms with van der Waals surface area (Å²) in [5, 5.41) is 11.7. The van der Waals surface area contributed by atoms with Gasteiger partial charge in [-0.2, -0.15) is 0 Å². The molecule has 26 heavy (non-hydrogen) atoms. The first-order valence-corrected chi connectivity index (χ1v) is 9.68.